The molecule has 2 saturated heterocycles. The summed E-state index contributed by atoms with van der Waals surface area (Å²) in [7, 11) is -3.82. The predicted molar refractivity (Wildman–Crippen MR) is 129 cm³/mol. The second-order valence-electron chi connectivity index (χ2n) is 8.99. The first-order valence-electron chi connectivity index (χ1n) is 11.6. The molecule has 2 aliphatic heterocycles. The van der Waals surface area contributed by atoms with Crippen LogP contribution in [0.2, 0.25) is 0 Å². The zero-order chi connectivity index (χ0) is 24.3. The maximum absolute atomic E-state index is 13.3. The van der Waals surface area contributed by atoms with Crippen LogP contribution in [0.1, 0.15) is 47.2 Å². The average Bonchev–Trinajstić information content (AvgIpc) is 3.50. The molecule has 8 nitrogen and oxygen atoms in total. The Morgan fingerprint density at radius 3 is 2.68 bits per heavy atom. The van der Waals surface area contributed by atoms with Crippen LogP contribution in [0, 0.1) is 13.8 Å². The van der Waals surface area contributed by atoms with Gasteiger partial charge >= 0.3 is 0 Å². The molecule has 4 rings (SSSR count). The minimum Gasteiger partial charge on any atom is -0.376 e. The third kappa shape index (κ3) is 5.42. The summed E-state index contributed by atoms with van der Waals surface area (Å²) >= 11 is 0. The van der Waals surface area contributed by atoms with Crippen LogP contribution < -0.4 is 10.0 Å². The number of sulfonamides is 1. The number of benzene rings is 2. The number of carbonyl (C=O) groups excluding carboxylic acids is 2. The first kappa shape index (κ1) is 24.2. The van der Waals surface area contributed by atoms with E-state index in [1.54, 1.807) is 42.2 Å². The van der Waals surface area contributed by atoms with E-state index in [0.29, 0.717) is 36.3 Å². The molecule has 2 aliphatic rings. The Morgan fingerprint density at radius 2 is 1.91 bits per heavy atom. The van der Waals surface area contributed by atoms with Crippen LogP contribution in [0.25, 0.3) is 0 Å². The number of amides is 2. The fourth-order valence-corrected chi connectivity index (χ4v) is 5.89. The molecule has 34 heavy (non-hydrogen) atoms. The number of aryl methyl sites for hydroxylation is 2. The zero-order valence-electron chi connectivity index (χ0n) is 19.5. The molecule has 2 amide bonds. The monoisotopic (exact) mass is 485 g/mol. The van der Waals surface area contributed by atoms with Gasteiger partial charge in [0, 0.05) is 30.9 Å². The summed E-state index contributed by atoms with van der Waals surface area (Å²) < 4.78 is 34.1. The number of anilines is 1. The van der Waals surface area contributed by atoms with E-state index in [2.05, 4.69) is 10.0 Å². The third-order valence-corrected chi connectivity index (χ3v) is 7.86. The van der Waals surface area contributed by atoms with E-state index >= 15 is 0 Å². The van der Waals surface area contributed by atoms with E-state index in [-0.39, 0.29) is 22.8 Å². The molecule has 2 N–H and O–H groups in total. The van der Waals surface area contributed by atoms with Crippen molar-refractivity contribution in [3.05, 3.63) is 59.2 Å². The van der Waals surface area contributed by atoms with Crippen LogP contribution in [0.5, 0.6) is 0 Å². The van der Waals surface area contributed by atoms with Gasteiger partial charge in [-0.25, -0.2) is 8.42 Å². The van der Waals surface area contributed by atoms with Crippen molar-refractivity contribution in [1.82, 2.24) is 10.2 Å². The Labute approximate surface area is 200 Å². The van der Waals surface area contributed by atoms with Crippen molar-refractivity contribution in [1.29, 1.82) is 0 Å². The Bertz CT molecular complexity index is 1170. The quantitative estimate of drug-likeness (QED) is 0.627. The van der Waals surface area contributed by atoms with Crippen LogP contribution >= 0.6 is 0 Å². The van der Waals surface area contributed by atoms with Crippen molar-refractivity contribution in [2.75, 3.05) is 24.4 Å². The van der Waals surface area contributed by atoms with Gasteiger partial charge in [-0.15, -0.1) is 0 Å². The third-order valence-electron chi connectivity index (χ3n) is 6.34. The Kier molecular flexibility index (Phi) is 7.23. The summed E-state index contributed by atoms with van der Waals surface area (Å²) in [6.45, 7) is 5.23. The van der Waals surface area contributed by atoms with E-state index in [9.17, 15) is 18.0 Å². The van der Waals surface area contributed by atoms with Crippen LogP contribution in [0.4, 0.5) is 5.69 Å². The van der Waals surface area contributed by atoms with Gasteiger partial charge in [0.2, 0.25) is 5.91 Å². The number of ether oxygens (including phenoxy) is 1. The zero-order valence-corrected chi connectivity index (χ0v) is 20.4. The van der Waals surface area contributed by atoms with Gasteiger partial charge in [-0.2, -0.15) is 0 Å². The van der Waals surface area contributed by atoms with Gasteiger partial charge in [-0.3, -0.25) is 14.3 Å². The molecule has 9 heteroatoms. The van der Waals surface area contributed by atoms with Crippen molar-refractivity contribution >= 4 is 27.5 Å². The molecule has 0 radical (unpaired) electrons. The normalized spacial score (nSPS) is 20.4. The highest BCUT2D eigenvalue weighted by molar-refractivity contribution is 7.92. The Hall–Kier alpha value is -2.91. The van der Waals surface area contributed by atoms with E-state index in [1.807, 2.05) is 13.0 Å². The number of carbonyl (C=O) groups is 2. The lowest BCUT2D eigenvalue weighted by Gasteiger charge is -2.25. The molecule has 2 aromatic carbocycles. The first-order valence-corrected chi connectivity index (χ1v) is 13.1. The van der Waals surface area contributed by atoms with Crippen LogP contribution in [0.15, 0.2) is 47.4 Å². The summed E-state index contributed by atoms with van der Waals surface area (Å²) in [5.41, 5.74) is 2.11. The highest BCUT2D eigenvalue weighted by Gasteiger charge is 2.35. The highest BCUT2D eigenvalue weighted by atomic mass is 32.2. The molecule has 0 unspecified atom stereocenters. The molecule has 0 aromatic heterocycles. The van der Waals surface area contributed by atoms with Crippen LogP contribution in [-0.4, -0.2) is 57.0 Å². The van der Waals surface area contributed by atoms with Gasteiger partial charge < -0.3 is 15.0 Å². The van der Waals surface area contributed by atoms with E-state index in [4.69, 9.17) is 4.74 Å². The number of nitrogens with zero attached hydrogens (tertiary/aromatic N) is 1. The van der Waals surface area contributed by atoms with Crippen LogP contribution in [0.3, 0.4) is 0 Å². The fourth-order valence-electron chi connectivity index (χ4n) is 4.51. The second kappa shape index (κ2) is 10.1. The van der Waals surface area contributed by atoms with Crippen molar-refractivity contribution in [3.8, 4) is 0 Å². The largest absolute Gasteiger partial charge is 0.376 e. The Morgan fingerprint density at radius 1 is 1.09 bits per heavy atom. The topological polar surface area (TPSA) is 105 Å². The number of hydrogen-bond donors (Lipinski definition) is 2. The summed E-state index contributed by atoms with van der Waals surface area (Å²) in [6, 6.07) is 11.1. The molecule has 2 aromatic rings. The van der Waals surface area contributed by atoms with Crippen molar-refractivity contribution in [2.24, 2.45) is 0 Å². The van der Waals surface area contributed by atoms with Gasteiger partial charge in [-0.05, 0) is 74.9 Å². The Balaban J connectivity index is 1.46. The molecule has 0 bridgehead atoms. The number of rotatable bonds is 7. The maximum atomic E-state index is 13.3. The molecule has 2 fully saturated rings. The van der Waals surface area contributed by atoms with Gasteiger partial charge in [0.05, 0.1) is 11.0 Å². The van der Waals surface area contributed by atoms with Gasteiger partial charge in [0.15, 0.2) is 0 Å². The lowest BCUT2D eigenvalue weighted by Crippen LogP contribution is -2.47. The summed E-state index contributed by atoms with van der Waals surface area (Å²) in [5.74, 6) is -0.462. The lowest BCUT2D eigenvalue weighted by molar-refractivity contribution is -0.125. The number of hydrogen-bond acceptors (Lipinski definition) is 5. The minimum absolute atomic E-state index is 0.0382. The summed E-state index contributed by atoms with van der Waals surface area (Å²) in [6.07, 6.45) is 3.30. The second-order valence-corrected chi connectivity index (χ2v) is 10.6. The molecule has 0 saturated carbocycles. The first-order chi connectivity index (χ1) is 16.2. The molecular weight excluding hydrogens is 454 g/mol. The highest BCUT2D eigenvalue weighted by Crippen LogP contribution is 2.24. The average molecular weight is 486 g/mol. The molecule has 0 aliphatic carbocycles. The van der Waals surface area contributed by atoms with E-state index in [1.165, 1.54) is 6.07 Å². The maximum Gasteiger partial charge on any atom is 0.262 e. The fraction of sp³-hybridized carbons (Fsp3) is 0.440. The predicted octanol–water partition coefficient (Wildman–Crippen LogP) is 3.00. The molecule has 182 valence electrons. The summed E-state index contributed by atoms with van der Waals surface area (Å²) in [5, 5.41) is 2.92. The standard InChI is InChI=1S/C25H31N3O5S/c1-17-10-11-18(2)23(14-17)34(31,32)27-20-7-3-6-19(15-20)25(30)28-12-4-9-22(28)24(29)26-16-21-8-5-13-33-21/h3,6-7,10-11,14-15,21-22,27H,4-5,8-9,12-13,16H2,1-2H3,(H,26,29)/t21-,22-/m0/s1. The minimum atomic E-state index is -3.82. The molecule has 2 atom stereocenters. The summed E-state index contributed by atoms with van der Waals surface area (Å²) in [4.78, 5) is 27.8. The van der Waals surface area contributed by atoms with Crippen molar-refractivity contribution in [2.45, 2.75) is 56.6 Å². The number of nitrogens with one attached hydrogen (secondary N) is 2. The van der Waals surface area contributed by atoms with Gasteiger partial charge in [0.25, 0.3) is 15.9 Å². The smallest absolute Gasteiger partial charge is 0.262 e. The van der Waals surface area contributed by atoms with E-state index in [0.717, 1.165) is 31.4 Å². The molecule has 2 heterocycles. The van der Waals surface area contributed by atoms with Crippen molar-refractivity contribution in [3.63, 3.8) is 0 Å². The SMILES string of the molecule is Cc1ccc(C)c(S(=O)(=O)Nc2cccc(C(=O)N3CCC[C@H]3C(=O)NC[C@@H]3CCCO3)c2)c1. The number of likely N-dealkylation sites (tertiary alicyclic amines) is 1. The van der Waals surface area contributed by atoms with Gasteiger partial charge in [0.1, 0.15) is 6.04 Å². The van der Waals surface area contributed by atoms with Crippen molar-refractivity contribution < 1.29 is 22.7 Å². The van der Waals surface area contributed by atoms with Gasteiger partial charge in [-0.1, -0.05) is 18.2 Å². The molecule has 0 spiro atoms. The molecular formula is C25H31N3O5S. The van der Waals surface area contributed by atoms with Crippen LogP contribution in [-0.2, 0) is 19.6 Å². The lowest BCUT2D eigenvalue weighted by atomic mass is 10.1. The van der Waals surface area contributed by atoms with E-state index < -0.39 is 16.1 Å².